The second kappa shape index (κ2) is 15.4. The van der Waals surface area contributed by atoms with Crippen LogP contribution in [0.2, 0.25) is 0 Å². The summed E-state index contributed by atoms with van der Waals surface area (Å²) in [6.07, 6.45) is 7.34. The van der Waals surface area contributed by atoms with E-state index in [1.54, 1.807) is 37.8 Å². The van der Waals surface area contributed by atoms with Gasteiger partial charge < -0.3 is 18.9 Å². The van der Waals surface area contributed by atoms with Gasteiger partial charge in [-0.1, -0.05) is 43.5 Å². The van der Waals surface area contributed by atoms with E-state index in [9.17, 15) is 28.8 Å². The van der Waals surface area contributed by atoms with Gasteiger partial charge in [0, 0.05) is 17.2 Å². The minimum atomic E-state index is -0.777. The van der Waals surface area contributed by atoms with E-state index < -0.39 is 60.3 Å². The lowest BCUT2D eigenvalue weighted by atomic mass is 9.84. The summed E-state index contributed by atoms with van der Waals surface area (Å²) in [6.45, 7) is 10.0. The van der Waals surface area contributed by atoms with Crippen LogP contribution in [0.15, 0.2) is 36.4 Å². The second-order valence-electron chi connectivity index (χ2n) is 18.5. The number of esters is 3. The average molecular weight is 770 g/mol. The van der Waals surface area contributed by atoms with E-state index in [2.05, 4.69) is 0 Å². The van der Waals surface area contributed by atoms with Crippen LogP contribution in [0.5, 0.6) is 0 Å². The summed E-state index contributed by atoms with van der Waals surface area (Å²) < 4.78 is 22.5. The van der Waals surface area contributed by atoms with Crippen molar-refractivity contribution >= 4 is 35.6 Å². The maximum Gasteiger partial charge on any atom is 0.411 e. The van der Waals surface area contributed by atoms with Gasteiger partial charge in [0.1, 0.15) is 17.2 Å². The zero-order chi connectivity index (χ0) is 40.1. The molecule has 4 aliphatic carbocycles. The van der Waals surface area contributed by atoms with E-state index >= 15 is 0 Å². The molecule has 0 radical (unpaired) electrons. The molecule has 3 saturated carbocycles. The highest BCUT2D eigenvalue weighted by molar-refractivity contribution is 5.99. The summed E-state index contributed by atoms with van der Waals surface area (Å²) >= 11 is 0. The van der Waals surface area contributed by atoms with Crippen molar-refractivity contribution in [3.63, 3.8) is 0 Å². The fraction of sp³-hybridized carbons (Fsp3) is 0.600. The number of carbonyl (C=O) groups is 6. The molecule has 0 spiro atoms. The Morgan fingerprint density at radius 3 is 1.77 bits per heavy atom. The number of likely N-dealkylation sites (tertiary alicyclic amines) is 1. The molecule has 300 valence electrons. The van der Waals surface area contributed by atoms with Gasteiger partial charge in [-0.15, -0.1) is 0 Å². The van der Waals surface area contributed by atoms with Gasteiger partial charge in [0.15, 0.2) is 24.8 Å². The Morgan fingerprint density at radius 1 is 0.625 bits per heavy atom. The van der Waals surface area contributed by atoms with E-state index in [0.717, 1.165) is 60.8 Å². The van der Waals surface area contributed by atoms with E-state index in [1.807, 2.05) is 45.0 Å². The van der Waals surface area contributed by atoms with Crippen LogP contribution in [0.1, 0.15) is 136 Å². The van der Waals surface area contributed by atoms with Gasteiger partial charge >= 0.3 is 24.0 Å². The predicted molar refractivity (Wildman–Crippen MR) is 205 cm³/mol. The van der Waals surface area contributed by atoms with Crippen molar-refractivity contribution in [1.82, 2.24) is 4.90 Å². The third-order valence-corrected chi connectivity index (χ3v) is 12.4. The van der Waals surface area contributed by atoms with Gasteiger partial charge in [-0.25, -0.2) is 9.59 Å². The first kappa shape index (κ1) is 39.7. The lowest BCUT2D eigenvalue weighted by Gasteiger charge is -2.31. The molecule has 56 heavy (non-hydrogen) atoms. The molecule has 0 N–H and O–H groups in total. The van der Waals surface area contributed by atoms with Crippen molar-refractivity contribution in [2.45, 2.75) is 129 Å². The summed E-state index contributed by atoms with van der Waals surface area (Å²) in [5.41, 5.74) is 3.51. The van der Waals surface area contributed by atoms with Crippen molar-refractivity contribution in [2.24, 2.45) is 29.6 Å². The van der Waals surface area contributed by atoms with Crippen molar-refractivity contribution in [3.05, 3.63) is 69.8 Å². The second-order valence-corrected chi connectivity index (χ2v) is 18.5. The van der Waals surface area contributed by atoms with Crippen LogP contribution in [0.25, 0.3) is 0 Å². The van der Waals surface area contributed by atoms with Crippen LogP contribution >= 0.6 is 0 Å². The summed E-state index contributed by atoms with van der Waals surface area (Å²) in [5.74, 6) is -2.66. The molecule has 7 atom stereocenters. The number of fused-ring (bicyclic) bond motifs is 4. The molecule has 4 unspecified atom stereocenters. The summed E-state index contributed by atoms with van der Waals surface area (Å²) in [7, 11) is 0. The van der Waals surface area contributed by atoms with E-state index in [1.165, 1.54) is 0 Å². The monoisotopic (exact) mass is 769 g/mol. The molecular formula is C45H55NO10. The van der Waals surface area contributed by atoms with Gasteiger partial charge in [-0.3, -0.25) is 24.1 Å². The number of Topliss-reactive ketones (excluding diaryl/α,β-unsaturated/α-hetero) is 2. The fourth-order valence-corrected chi connectivity index (χ4v) is 9.96. The standard InChI is InChI=1S/C45H55NO10/c1-44(2,3)55-42(51)39-33-11-7-9-27(33)21-34(39)40(49)53-23-37(47)29-15-13-25-18-32-20-30(16-14-26(32)17-31(25)19-29)38(48)24-54-41(50)36-22-28-10-8-12-35(28)46(36)43(52)56-45(4,5)6/h13-16,19-20,27-28,33-36,39H,7-12,17-18,21-24H2,1-6H3/t27-,28?,33-,34+,35?,36?,39?/m0/s1. The molecule has 2 aromatic carbocycles. The van der Waals surface area contributed by atoms with E-state index in [0.29, 0.717) is 36.8 Å². The fourth-order valence-electron chi connectivity index (χ4n) is 9.96. The summed E-state index contributed by atoms with van der Waals surface area (Å²) in [4.78, 5) is 81.1. The Bertz CT molecular complexity index is 1780. The van der Waals surface area contributed by atoms with Gasteiger partial charge in [0.2, 0.25) is 0 Å². The van der Waals surface area contributed by atoms with Crippen LogP contribution in [0.3, 0.4) is 0 Å². The van der Waals surface area contributed by atoms with Crippen molar-refractivity contribution in [2.75, 3.05) is 13.2 Å². The number of rotatable bonds is 9. The summed E-state index contributed by atoms with van der Waals surface area (Å²) in [5, 5.41) is 0. The Balaban J connectivity index is 0.938. The maximum absolute atomic E-state index is 13.3. The number of benzene rings is 2. The number of amides is 1. The van der Waals surface area contributed by atoms with Crippen molar-refractivity contribution < 1.29 is 47.7 Å². The Labute approximate surface area is 329 Å². The van der Waals surface area contributed by atoms with E-state index in [4.69, 9.17) is 18.9 Å². The molecule has 4 fully saturated rings. The average Bonchev–Trinajstić information content (AvgIpc) is 3.91. The molecule has 0 aromatic heterocycles. The van der Waals surface area contributed by atoms with Crippen LogP contribution in [-0.2, 0) is 46.2 Å². The van der Waals surface area contributed by atoms with Crippen LogP contribution in [0, 0.1) is 29.6 Å². The van der Waals surface area contributed by atoms with Gasteiger partial charge in [-0.05, 0) is 139 Å². The van der Waals surface area contributed by atoms with Gasteiger partial charge in [-0.2, -0.15) is 0 Å². The number of carbonyl (C=O) groups excluding carboxylic acids is 6. The molecule has 7 rings (SSSR count). The minimum absolute atomic E-state index is 0.0601. The molecular weight excluding hydrogens is 714 g/mol. The molecule has 0 bridgehead atoms. The maximum atomic E-state index is 13.3. The number of hydrogen-bond donors (Lipinski definition) is 0. The highest BCUT2D eigenvalue weighted by Crippen LogP contribution is 2.52. The molecule has 1 aliphatic heterocycles. The molecule has 11 heteroatoms. The van der Waals surface area contributed by atoms with Crippen LogP contribution in [0.4, 0.5) is 4.79 Å². The lowest BCUT2D eigenvalue weighted by Crippen LogP contribution is -2.47. The SMILES string of the molecule is CC(C)(C)OC(=O)C1[C@H]2CCC[C@H]2C[C@H]1C(=O)OCC(=O)c1ccc2c(c1)Cc1ccc(C(=O)COC(=O)C3CC4CCCC4N3C(=O)OC(C)(C)C)cc1C2. The third-order valence-electron chi connectivity index (χ3n) is 12.4. The highest BCUT2D eigenvalue weighted by Gasteiger charge is 2.54. The molecule has 1 saturated heterocycles. The Kier molecular flexibility index (Phi) is 10.9. The first-order valence-corrected chi connectivity index (χ1v) is 20.3. The van der Waals surface area contributed by atoms with Crippen molar-refractivity contribution in [3.8, 4) is 0 Å². The topological polar surface area (TPSA) is 143 Å². The van der Waals surface area contributed by atoms with Crippen LogP contribution < -0.4 is 0 Å². The molecule has 5 aliphatic rings. The van der Waals surface area contributed by atoms with Crippen LogP contribution in [-0.4, -0.2) is 77.0 Å². The Morgan fingerprint density at radius 2 is 1.18 bits per heavy atom. The van der Waals surface area contributed by atoms with Gasteiger partial charge in [0.05, 0.1) is 11.8 Å². The number of hydrogen-bond acceptors (Lipinski definition) is 10. The normalized spacial score (nSPS) is 26.4. The zero-order valence-corrected chi connectivity index (χ0v) is 33.5. The largest absolute Gasteiger partial charge is 0.460 e. The predicted octanol–water partition coefficient (Wildman–Crippen LogP) is 7.21. The van der Waals surface area contributed by atoms with Gasteiger partial charge in [0.25, 0.3) is 0 Å². The first-order chi connectivity index (χ1) is 26.5. The molecule has 1 amide bonds. The summed E-state index contributed by atoms with van der Waals surface area (Å²) in [6, 6.07) is 10.1. The Hall–Kier alpha value is -4.54. The van der Waals surface area contributed by atoms with Crippen molar-refractivity contribution in [1.29, 1.82) is 0 Å². The zero-order valence-electron chi connectivity index (χ0n) is 33.5. The first-order valence-electron chi connectivity index (χ1n) is 20.3. The highest BCUT2D eigenvalue weighted by atomic mass is 16.6. The van der Waals surface area contributed by atoms with E-state index in [-0.39, 0.29) is 41.3 Å². The lowest BCUT2D eigenvalue weighted by molar-refractivity contribution is -0.168. The molecule has 2 aromatic rings. The number of ether oxygens (including phenoxy) is 4. The molecule has 1 heterocycles. The quantitative estimate of drug-likeness (QED) is 0.125. The minimum Gasteiger partial charge on any atom is -0.460 e. The smallest absolute Gasteiger partial charge is 0.411 e. The third kappa shape index (κ3) is 8.42. The molecule has 11 nitrogen and oxygen atoms in total. The number of ketones is 2. The number of nitrogens with zero attached hydrogens (tertiary/aromatic N) is 1.